The molecule has 0 aliphatic heterocycles. The van der Waals surface area contributed by atoms with E-state index < -0.39 is 5.91 Å². The van der Waals surface area contributed by atoms with Crippen LogP contribution in [-0.4, -0.2) is 15.5 Å². The molecule has 0 saturated carbocycles. The van der Waals surface area contributed by atoms with Gasteiger partial charge in [-0.25, -0.2) is 4.98 Å². The Labute approximate surface area is 87.4 Å². The molecule has 2 aromatic rings. The molecule has 0 aliphatic rings. The third-order valence-electron chi connectivity index (χ3n) is 2.27. The molecule has 0 saturated heterocycles. The molecule has 0 atom stereocenters. The van der Waals surface area contributed by atoms with Gasteiger partial charge in [-0.2, -0.15) is 0 Å². The molecule has 1 heterocycles. The van der Waals surface area contributed by atoms with E-state index in [4.69, 9.17) is 5.73 Å². The van der Waals surface area contributed by atoms with Gasteiger partial charge in [0.25, 0.3) is 5.91 Å². The Morgan fingerprint density at radius 2 is 2.13 bits per heavy atom. The highest BCUT2D eigenvalue weighted by Crippen LogP contribution is 2.15. The molecule has 0 fully saturated rings. The molecule has 1 aromatic heterocycles. The van der Waals surface area contributed by atoms with Crippen molar-refractivity contribution in [2.45, 2.75) is 6.92 Å². The quantitative estimate of drug-likeness (QED) is 0.795. The molecule has 0 bridgehead atoms. The van der Waals surface area contributed by atoms with E-state index in [1.54, 1.807) is 10.9 Å². The standard InChI is InChI=1S/C11H11N3O/c1-8-4-2-3-5-9(8)14-7-13-6-10(14)11(12)15/h2-7H,1H3,(H2,12,15). The average Bonchev–Trinajstić information content (AvgIpc) is 2.67. The number of aromatic nitrogens is 2. The maximum Gasteiger partial charge on any atom is 0.267 e. The maximum absolute atomic E-state index is 11.1. The maximum atomic E-state index is 11.1. The summed E-state index contributed by atoms with van der Waals surface area (Å²) in [7, 11) is 0. The van der Waals surface area contributed by atoms with Crippen molar-refractivity contribution in [1.82, 2.24) is 9.55 Å². The number of benzene rings is 1. The number of amides is 1. The lowest BCUT2D eigenvalue weighted by Crippen LogP contribution is -2.15. The number of carbonyl (C=O) groups is 1. The fourth-order valence-electron chi connectivity index (χ4n) is 1.50. The Hall–Kier alpha value is -2.10. The monoisotopic (exact) mass is 201 g/mol. The number of primary amides is 1. The van der Waals surface area contributed by atoms with Crippen LogP contribution in [0.3, 0.4) is 0 Å². The third-order valence-corrected chi connectivity index (χ3v) is 2.27. The molecule has 0 unspecified atom stereocenters. The van der Waals surface area contributed by atoms with Crippen LogP contribution in [0.25, 0.3) is 5.69 Å². The van der Waals surface area contributed by atoms with Gasteiger partial charge in [0, 0.05) is 0 Å². The van der Waals surface area contributed by atoms with Crippen molar-refractivity contribution in [2.75, 3.05) is 0 Å². The minimum Gasteiger partial charge on any atom is -0.364 e. The summed E-state index contributed by atoms with van der Waals surface area (Å²) in [5.41, 5.74) is 7.63. The van der Waals surface area contributed by atoms with Crippen LogP contribution >= 0.6 is 0 Å². The number of hydrogen-bond donors (Lipinski definition) is 1. The average molecular weight is 201 g/mol. The Balaban J connectivity index is 2.59. The first-order valence-electron chi connectivity index (χ1n) is 4.58. The van der Waals surface area contributed by atoms with Gasteiger partial charge in [-0.15, -0.1) is 0 Å². The van der Waals surface area contributed by atoms with Gasteiger partial charge in [0.15, 0.2) is 0 Å². The molecule has 15 heavy (non-hydrogen) atoms. The van der Waals surface area contributed by atoms with E-state index in [-0.39, 0.29) is 0 Å². The number of rotatable bonds is 2. The summed E-state index contributed by atoms with van der Waals surface area (Å²) in [6, 6.07) is 7.75. The molecular weight excluding hydrogens is 190 g/mol. The largest absolute Gasteiger partial charge is 0.364 e. The van der Waals surface area contributed by atoms with Crippen LogP contribution in [0.1, 0.15) is 16.1 Å². The van der Waals surface area contributed by atoms with E-state index in [9.17, 15) is 4.79 Å². The second kappa shape index (κ2) is 3.57. The van der Waals surface area contributed by atoms with Crippen LogP contribution in [0.4, 0.5) is 0 Å². The first kappa shape index (κ1) is 9.45. The van der Waals surface area contributed by atoms with Gasteiger partial charge in [0.2, 0.25) is 0 Å². The molecule has 0 aliphatic carbocycles. The molecule has 4 nitrogen and oxygen atoms in total. The first-order valence-corrected chi connectivity index (χ1v) is 4.58. The summed E-state index contributed by atoms with van der Waals surface area (Å²) in [6.07, 6.45) is 3.05. The zero-order valence-electron chi connectivity index (χ0n) is 8.34. The third kappa shape index (κ3) is 1.61. The van der Waals surface area contributed by atoms with Crippen LogP contribution in [-0.2, 0) is 0 Å². The summed E-state index contributed by atoms with van der Waals surface area (Å²) in [6.45, 7) is 1.97. The second-order valence-electron chi connectivity index (χ2n) is 3.30. The lowest BCUT2D eigenvalue weighted by Gasteiger charge is -2.08. The second-order valence-corrected chi connectivity index (χ2v) is 3.30. The molecule has 0 radical (unpaired) electrons. The summed E-state index contributed by atoms with van der Waals surface area (Å²) in [5, 5.41) is 0. The number of nitrogens with zero attached hydrogens (tertiary/aromatic N) is 2. The number of para-hydroxylation sites is 1. The molecular formula is C11H11N3O. The molecule has 1 amide bonds. The lowest BCUT2D eigenvalue weighted by molar-refractivity contribution is 0.0994. The number of aryl methyl sites for hydroxylation is 1. The summed E-state index contributed by atoms with van der Waals surface area (Å²) in [4.78, 5) is 15.1. The highest BCUT2D eigenvalue weighted by Gasteiger charge is 2.10. The highest BCUT2D eigenvalue weighted by atomic mass is 16.1. The summed E-state index contributed by atoms with van der Waals surface area (Å²) in [5.74, 6) is -0.476. The Kier molecular flexibility index (Phi) is 2.25. The minimum atomic E-state index is -0.476. The van der Waals surface area contributed by atoms with E-state index in [1.165, 1.54) is 6.20 Å². The normalized spacial score (nSPS) is 10.2. The number of hydrogen-bond acceptors (Lipinski definition) is 2. The highest BCUT2D eigenvalue weighted by molar-refractivity contribution is 5.91. The smallest absolute Gasteiger partial charge is 0.267 e. The summed E-state index contributed by atoms with van der Waals surface area (Å²) < 4.78 is 1.69. The van der Waals surface area contributed by atoms with Crippen molar-refractivity contribution in [2.24, 2.45) is 5.73 Å². The minimum absolute atomic E-state index is 0.393. The molecule has 0 spiro atoms. The number of carbonyl (C=O) groups excluding carboxylic acids is 1. The Morgan fingerprint density at radius 1 is 1.40 bits per heavy atom. The van der Waals surface area contributed by atoms with Crippen molar-refractivity contribution < 1.29 is 4.79 Å². The van der Waals surface area contributed by atoms with Crippen LogP contribution in [0.5, 0.6) is 0 Å². The van der Waals surface area contributed by atoms with Gasteiger partial charge in [-0.05, 0) is 18.6 Å². The van der Waals surface area contributed by atoms with E-state index in [0.717, 1.165) is 11.3 Å². The van der Waals surface area contributed by atoms with Crippen LogP contribution in [0.15, 0.2) is 36.8 Å². The predicted molar refractivity (Wildman–Crippen MR) is 56.8 cm³/mol. The fraction of sp³-hybridized carbons (Fsp3) is 0.0909. The van der Waals surface area contributed by atoms with Crippen LogP contribution in [0, 0.1) is 6.92 Å². The van der Waals surface area contributed by atoms with Crippen LogP contribution in [0.2, 0.25) is 0 Å². The molecule has 4 heteroatoms. The Morgan fingerprint density at radius 3 is 2.80 bits per heavy atom. The van der Waals surface area contributed by atoms with Crippen molar-refractivity contribution in [3.8, 4) is 5.69 Å². The van der Waals surface area contributed by atoms with E-state index >= 15 is 0 Å². The SMILES string of the molecule is Cc1ccccc1-n1cncc1C(N)=O. The molecule has 76 valence electrons. The van der Waals surface area contributed by atoms with E-state index in [0.29, 0.717) is 5.69 Å². The Bertz CT molecular complexity index is 502. The van der Waals surface area contributed by atoms with Gasteiger partial charge in [-0.1, -0.05) is 18.2 Å². The van der Waals surface area contributed by atoms with Crippen LogP contribution < -0.4 is 5.73 Å². The molecule has 1 aromatic carbocycles. The van der Waals surface area contributed by atoms with Gasteiger partial charge in [0.05, 0.1) is 18.2 Å². The van der Waals surface area contributed by atoms with E-state index in [2.05, 4.69) is 4.98 Å². The predicted octanol–water partition coefficient (Wildman–Crippen LogP) is 1.28. The number of imidazole rings is 1. The zero-order valence-corrected chi connectivity index (χ0v) is 8.34. The van der Waals surface area contributed by atoms with Crippen molar-refractivity contribution in [3.63, 3.8) is 0 Å². The van der Waals surface area contributed by atoms with E-state index in [1.807, 2.05) is 31.2 Å². The van der Waals surface area contributed by atoms with Gasteiger partial charge < -0.3 is 5.73 Å². The fourth-order valence-corrected chi connectivity index (χ4v) is 1.50. The zero-order chi connectivity index (χ0) is 10.8. The van der Waals surface area contributed by atoms with Gasteiger partial charge in [0.1, 0.15) is 5.69 Å². The van der Waals surface area contributed by atoms with Crippen molar-refractivity contribution in [3.05, 3.63) is 48.0 Å². The van der Waals surface area contributed by atoms with Crippen molar-refractivity contribution in [1.29, 1.82) is 0 Å². The first-order chi connectivity index (χ1) is 7.20. The van der Waals surface area contributed by atoms with Gasteiger partial charge >= 0.3 is 0 Å². The topological polar surface area (TPSA) is 60.9 Å². The molecule has 2 N–H and O–H groups in total. The van der Waals surface area contributed by atoms with Crippen molar-refractivity contribution >= 4 is 5.91 Å². The van der Waals surface area contributed by atoms with Gasteiger partial charge in [-0.3, -0.25) is 9.36 Å². The summed E-state index contributed by atoms with van der Waals surface area (Å²) >= 11 is 0. The molecule has 2 rings (SSSR count). The number of nitrogens with two attached hydrogens (primary N) is 1. The lowest BCUT2D eigenvalue weighted by atomic mass is 10.2.